The van der Waals surface area contributed by atoms with E-state index in [0.717, 1.165) is 5.56 Å². The third kappa shape index (κ3) is 4.70. The standard InChI is InChI=1S/C25H22N6O3/c1-15-21(18-6-17(9-26)24(30-10-18)34-20-12-33-13-20)8-19(11-29-15)31-23(32)16-4-5-28-22(7-16)25(2,3)14-27/h4-8,10-11,20H,12-13H2,1-3H3,(H,31,32). The first-order valence-corrected chi connectivity index (χ1v) is 10.6. The highest BCUT2D eigenvalue weighted by Gasteiger charge is 2.24. The summed E-state index contributed by atoms with van der Waals surface area (Å²) in [5.74, 6) is -0.0836. The first-order valence-electron chi connectivity index (χ1n) is 10.6. The number of carbonyl (C=O) groups excluding carboxylic acids is 1. The minimum atomic E-state index is -0.818. The van der Waals surface area contributed by atoms with Crippen LogP contribution in [0.2, 0.25) is 0 Å². The van der Waals surface area contributed by atoms with Gasteiger partial charge in [0.25, 0.3) is 5.91 Å². The minimum absolute atomic E-state index is 0.0974. The fraction of sp³-hybridized carbons (Fsp3) is 0.280. The molecule has 3 aromatic heterocycles. The van der Waals surface area contributed by atoms with Crippen LogP contribution in [0.1, 0.15) is 41.2 Å². The highest BCUT2D eigenvalue weighted by Crippen LogP contribution is 2.29. The fourth-order valence-electron chi connectivity index (χ4n) is 3.28. The second kappa shape index (κ2) is 9.26. The van der Waals surface area contributed by atoms with Gasteiger partial charge in [-0.2, -0.15) is 10.5 Å². The molecular weight excluding hydrogens is 432 g/mol. The van der Waals surface area contributed by atoms with Crippen LogP contribution in [0.5, 0.6) is 5.88 Å². The Balaban J connectivity index is 1.58. The normalized spacial score (nSPS) is 13.3. The van der Waals surface area contributed by atoms with Gasteiger partial charge in [0, 0.05) is 34.8 Å². The number of nitrogens with zero attached hydrogens (tertiary/aromatic N) is 5. The molecule has 4 rings (SSSR count). The van der Waals surface area contributed by atoms with Crippen molar-refractivity contribution in [3.05, 3.63) is 65.4 Å². The van der Waals surface area contributed by atoms with E-state index in [0.29, 0.717) is 47.0 Å². The van der Waals surface area contributed by atoms with Crippen molar-refractivity contribution in [2.45, 2.75) is 32.3 Å². The Kier molecular flexibility index (Phi) is 6.22. The molecule has 3 aromatic rings. The highest BCUT2D eigenvalue weighted by atomic mass is 16.6. The van der Waals surface area contributed by atoms with Crippen LogP contribution in [0.4, 0.5) is 5.69 Å². The van der Waals surface area contributed by atoms with Gasteiger partial charge >= 0.3 is 0 Å². The second-order valence-corrected chi connectivity index (χ2v) is 8.44. The topological polar surface area (TPSA) is 134 Å². The van der Waals surface area contributed by atoms with E-state index >= 15 is 0 Å². The number of rotatable bonds is 6. The predicted molar refractivity (Wildman–Crippen MR) is 123 cm³/mol. The number of nitriles is 2. The molecule has 4 heterocycles. The van der Waals surface area contributed by atoms with E-state index in [1.54, 1.807) is 50.5 Å². The van der Waals surface area contributed by atoms with Gasteiger partial charge < -0.3 is 14.8 Å². The molecule has 0 bridgehead atoms. The van der Waals surface area contributed by atoms with Crippen LogP contribution in [0.15, 0.2) is 42.9 Å². The average molecular weight is 454 g/mol. The van der Waals surface area contributed by atoms with Crippen LogP contribution < -0.4 is 10.1 Å². The fourth-order valence-corrected chi connectivity index (χ4v) is 3.28. The second-order valence-electron chi connectivity index (χ2n) is 8.44. The molecule has 0 aromatic carbocycles. The van der Waals surface area contributed by atoms with Gasteiger partial charge in [-0.25, -0.2) is 4.98 Å². The van der Waals surface area contributed by atoms with Crippen molar-refractivity contribution in [2.75, 3.05) is 18.5 Å². The molecule has 0 saturated carbocycles. The lowest BCUT2D eigenvalue weighted by atomic mass is 9.90. The van der Waals surface area contributed by atoms with Crippen molar-refractivity contribution in [3.8, 4) is 29.1 Å². The zero-order valence-electron chi connectivity index (χ0n) is 19.0. The summed E-state index contributed by atoms with van der Waals surface area (Å²) in [6.07, 6.45) is 4.59. The van der Waals surface area contributed by atoms with Gasteiger partial charge in [-0.15, -0.1) is 0 Å². The minimum Gasteiger partial charge on any atom is -0.468 e. The monoisotopic (exact) mass is 454 g/mol. The SMILES string of the molecule is Cc1ncc(NC(=O)c2ccnc(C(C)(C)C#N)c2)cc1-c1cnc(OC2COC2)c(C#N)c1. The third-order valence-corrected chi connectivity index (χ3v) is 5.46. The Hall–Kier alpha value is -4.34. The van der Waals surface area contributed by atoms with E-state index in [1.165, 1.54) is 6.20 Å². The Morgan fingerprint density at radius 1 is 1.18 bits per heavy atom. The predicted octanol–water partition coefficient (Wildman–Crippen LogP) is 3.55. The number of hydrogen-bond donors (Lipinski definition) is 1. The molecule has 0 spiro atoms. The molecule has 9 heteroatoms. The van der Waals surface area contributed by atoms with Crippen molar-refractivity contribution in [2.24, 2.45) is 0 Å². The molecule has 0 unspecified atom stereocenters. The summed E-state index contributed by atoms with van der Waals surface area (Å²) in [4.78, 5) is 25.8. The van der Waals surface area contributed by atoms with Gasteiger partial charge in [-0.1, -0.05) is 0 Å². The molecular formula is C25H22N6O3. The number of pyridine rings is 3. The molecule has 9 nitrogen and oxygen atoms in total. The quantitative estimate of drug-likeness (QED) is 0.598. The van der Waals surface area contributed by atoms with Gasteiger partial charge in [0.1, 0.15) is 17.7 Å². The summed E-state index contributed by atoms with van der Waals surface area (Å²) in [5.41, 5.74) is 2.98. The first kappa shape index (κ1) is 22.8. The van der Waals surface area contributed by atoms with E-state index in [1.807, 2.05) is 6.92 Å². The van der Waals surface area contributed by atoms with Crippen molar-refractivity contribution in [1.29, 1.82) is 10.5 Å². The number of nitrogens with one attached hydrogen (secondary N) is 1. The van der Waals surface area contributed by atoms with Gasteiger partial charge in [0.05, 0.1) is 42.3 Å². The summed E-state index contributed by atoms with van der Waals surface area (Å²) in [6.45, 7) is 6.28. The molecule has 0 radical (unpaired) electrons. The number of hydrogen-bond acceptors (Lipinski definition) is 8. The Morgan fingerprint density at radius 3 is 2.65 bits per heavy atom. The van der Waals surface area contributed by atoms with E-state index in [4.69, 9.17) is 9.47 Å². The van der Waals surface area contributed by atoms with Crippen LogP contribution >= 0.6 is 0 Å². The number of ether oxygens (including phenoxy) is 2. The third-order valence-electron chi connectivity index (χ3n) is 5.46. The molecule has 1 saturated heterocycles. The van der Waals surface area contributed by atoms with Gasteiger partial charge in [0.15, 0.2) is 0 Å². The number of aromatic nitrogens is 3. The van der Waals surface area contributed by atoms with Crippen LogP contribution in [0, 0.1) is 29.6 Å². The molecule has 0 aliphatic carbocycles. The zero-order valence-corrected chi connectivity index (χ0v) is 19.0. The Morgan fingerprint density at radius 2 is 1.97 bits per heavy atom. The van der Waals surface area contributed by atoms with Crippen molar-refractivity contribution < 1.29 is 14.3 Å². The van der Waals surface area contributed by atoms with E-state index in [-0.39, 0.29) is 17.9 Å². The molecule has 1 fully saturated rings. The molecule has 1 amide bonds. The van der Waals surface area contributed by atoms with Crippen molar-refractivity contribution in [3.63, 3.8) is 0 Å². The maximum atomic E-state index is 12.9. The summed E-state index contributed by atoms with van der Waals surface area (Å²) in [6, 6.07) is 11.0. The zero-order chi connectivity index (χ0) is 24.3. The summed E-state index contributed by atoms with van der Waals surface area (Å²) in [5, 5.41) is 21.8. The van der Waals surface area contributed by atoms with E-state index in [2.05, 4.69) is 32.4 Å². The Bertz CT molecular complexity index is 1340. The van der Waals surface area contributed by atoms with Crippen molar-refractivity contribution in [1.82, 2.24) is 15.0 Å². The van der Waals surface area contributed by atoms with Crippen LogP contribution in [-0.4, -0.2) is 40.2 Å². The number of anilines is 1. The lowest BCUT2D eigenvalue weighted by Crippen LogP contribution is -2.38. The number of aryl methyl sites for hydroxylation is 1. The number of carbonyl (C=O) groups is 1. The lowest BCUT2D eigenvalue weighted by molar-refractivity contribution is -0.0814. The first-order chi connectivity index (χ1) is 16.3. The van der Waals surface area contributed by atoms with Crippen LogP contribution in [0.3, 0.4) is 0 Å². The maximum absolute atomic E-state index is 12.9. The average Bonchev–Trinajstić information content (AvgIpc) is 2.82. The molecule has 34 heavy (non-hydrogen) atoms. The van der Waals surface area contributed by atoms with Gasteiger partial charge in [0.2, 0.25) is 5.88 Å². The molecule has 1 N–H and O–H groups in total. The lowest BCUT2D eigenvalue weighted by Gasteiger charge is -2.26. The summed E-state index contributed by atoms with van der Waals surface area (Å²) < 4.78 is 10.8. The maximum Gasteiger partial charge on any atom is 0.255 e. The largest absolute Gasteiger partial charge is 0.468 e. The van der Waals surface area contributed by atoms with Crippen LogP contribution in [0.25, 0.3) is 11.1 Å². The van der Waals surface area contributed by atoms with Gasteiger partial charge in [-0.3, -0.25) is 14.8 Å². The highest BCUT2D eigenvalue weighted by molar-refractivity contribution is 6.04. The molecule has 170 valence electrons. The number of amides is 1. The smallest absolute Gasteiger partial charge is 0.255 e. The van der Waals surface area contributed by atoms with E-state index in [9.17, 15) is 15.3 Å². The molecule has 1 aliphatic rings. The summed E-state index contributed by atoms with van der Waals surface area (Å²) in [7, 11) is 0. The Labute approximate surface area is 197 Å². The van der Waals surface area contributed by atoms with Crippen molar-refractivity contribution >= 4 is 11.6 Å². The van der Waals surface area contributed by atoms with Gasteiger partial charge in [-0.05, 0) is 45.0 Å². The van der Waals surface area contributed by atoms with E-state index < -0.39 is 5.41 Å². The molecule has 1 aliphatic heterocycles. The van der Waals surface area contributed by atoms with Crippen LogP contribution in [-0.2, 0) is 10.2 Å². The molecule has 0 atom stereocenters. The summed E-state index contributed by atoms with van der Waals surface area (Å²) >= 11 is 0.